The highest BCUT2D eigenvalue weighted by molar-refractivity contribution is 4.74. The molecular weight excluding hydrogens is 184 g/mol. The molecule has 1 aliphatic heterocycles. The zero-order valence-corrected chi connectivity index (χ0v) is 10.6. The molecule has 0 spiro atoms. The van der Waals surface area contributed by atoms with Crippen LogP contribution in [-0.2, 0) is 0 Å². The van der Waals surface area contributed by atoms with Crippen molar-refractivity contribution >= 4 is 0 Å². The first kappa shape index (κ1) is 13.0. The van der Waals surface area contributed by atoms with E-state index in [9.17, 15) is 0 Å². The molecule has 2 nitrogen and oxygen atoms in total. The number of nitrogens with one attached hydrogen (secondary N) is 1. The number of nitrogens with zero attached hydrogens (tertiary/aromatic N) is 1. The quantitative estimate of drug-likeness (QED) is 0.665. The molecule has 1 rings (SSSR count). The van der Waals surface area contributed by atoms with Crippen LogP contribution in [0.5, 0.6) is 0 Å². The highest BCUT2D eigenvalue weighted by atomic mass is 15.1. The average molecular weight is 212 g/mol. The molecule has 0 saturated carbocycles. The summed E-state index contributed by atoms with van der Waals surface area (Å²) < 4.78 is 0. The van der Waals surface area contributed by atoms with E-state index in [-0.39, 0.29) is 0 Å². The van der Waals surface area contributed by atoms with Crippen molar-refractivity contribution in [3.63, 3.8) is 0 Å². The Bertz CT molecular complexity index is 135. The third-order valence-corrected chi connectivity index (χ3v) is 3.27. The monoisotopic (exact) mass is 212 g/mol. The minimum absolute atomic E-state index is 0.829. The van der Waals surface area contributed by atoms with Crippen molar-refractivity contribution < 1.29 is 0 Å². The molecule has 1 atom stereocenters. The summed E-state index contributed by atoms with van der Waals surface area (Å²) in [4.78, 5) is 2.62. The first-order chi connectivity index (χ1) is 7.36. The lowest BCUT2D eigenvalue weighted by atomic mass is 10.1. The Labute approximate surface area is 95.4 Å². The molecule has 0 aromatic carbocycles. The van der Waals surface area contributed by atoms with E-state index < -0.39 is 0 Å². The van der Waals surface area contributed by atoms with Crippen molar-refractivity contribution in [2.24, 2.45) is 0 Å². The molecule has 0 aliphatic carbocycles. The van der Waals surface area contributed by atoms with Gasteiger partial charge in [-0.25, -0.2) is 0 Å². The molecule has 90 valence electrons. The molecule has 0 amide bonds. The molecule has 1 fully saturated rings. The summed E-state index contributed by atoms with van der Waals surface area (Å²) in [5.74, 6) is 0. The lowest BCUT2D eigenvalue weighted by Gasteiger charge is -2.21. The molecule has 0 aromatic heterocycles. The molecule has 0 aromatic rings. The Morgan fingerprint density at radius 2 is 1.87 bits per heavy atom. The van der Waals surface area contributed by atoms with Crippen LogP contribution in [0.15, 0.2) is 0 Å². The number of hydrogen-bond donors (Lipinski definition) is 1. The van der Waals surface area contributed by atoms with Crippen LogP contribution in [0.2, 0.25) is 0 Å². The van der Waals surface area contributed by atoms with E-state index in [1.54, 1.807) is 0 Å². The molecule has 1 N–H and O–H groups in total. The predicted octanol–water partition coefficient (Wildman–Crippen LogP) is 2.64. The van der Waals surface area contributed by atoms with Gasteiger partial charge in [-0.3, -0.25) is 0 Å². The summed E-state index contributed by atoms with van der Waals surface area (Å²) in [7, 11) is 0. The van der Waals surface area contributed by atoms with Crippen molar-refractivity contribution in [3.05, 3.63) is 0 Å². The van der Waals surface area contributed by atoms with Gasteiger partial charge in [-0.15, -0.1) is 0 Å². The molecule has 0 radical (unpaired) electrons. The molecule has 1 saturated heterocycles. The SMILES string of the molecule is CCCN(CCC)CCCC1CCCN1. The van der Waals surface area contributed by atoms with Gasteiger partial charge >= 0.3 is 0 Å². The molecule has 15 heavy (non-hydrogen) atoms. The Balaban J connectivity index is 2.04. The van der Waals surface area contributed by atoms with Crippen molar-refractivity contribution in [2.45, 2.75) is 58.4 Å². The standard InChI is InChI=1S/C13H28N2/c1-3-10-15(11-4-2)12-6-8-13-7-5-9-14-13/h13-14H,3-12H2,1-2H3. The smallest absolute Gasteiger partial charge is 0.00680 e. The average Bonchev–Trinajstić information content (AvgIpc) is 2.71. The first-order valence-corrected chi connectivity index (χ1v) is 6.82. The Morgan fingerprint density at radius 1 is 1.13 bits per heavy atom. The van der Waals surface area contributed by atoms with E-state index in [4.69, 9.17) is 0 Å². The fourth-order valence-corrected chi connectivity index (χ4v) is 2.53. The fourth-order valence-electron chi connectivity index (χ4n) is 2.53. The van der Waals surface area contributed by atoms with E-state index in [0.29, 0.717) is 0 Å². The highest BCUT2D eigenvalue weighted by Crippen LogP contribution is 2.11. The summed E-state index contributed by atoms with van der Waals surface area (Å²) in [6.07, 6.45) is 8.13. The van der Waals surface area contributed by atoms with E-state index >= 15 is 0 Å². The minimum atomic E-state index is 0.829. The molecule has 0 bridgehead atoms. The summed E-state index contributed by atoms with van der Waals surface area (Å²) in [6, 6.07) is 0.829. The van der Waals surface area contributed by atoms with Gasteiger partial charge < -0.3 is 10.2 Å². The minimum Gasteiger partial charge on any atom is -0.314 e. The maximum absolute atomic E-state index is 3.58. The maximum atomic E-state index is 3.58. The van der Waals surface area contributed by atoms with Gasteiger partial charge in [-0.1, -0.05) is 13.8 Å². The van der Waals surface area contributed by atoms with Crippen LogP contribution < -0.4 is 5.32 Å². The van der Waals surface area contributed by atoms with E-state index in [1.165, 1.54) is 64.7 Å². The lowest BCUT2D eigenvalue weighted by molar-refractivity contribution is 0.265. The number of rotatable bonds is 8. The third kappa shape index (κ3) is 5.53. The van der Waals surface area contributed by atoms with E-state index in [0.717, 1.165) is 6.04 Å². The van der Waals surface area contributed by atoms with Crippen LogP contribution in [0.25, 0.3) is 0 Å². The largest absolute Gasteiger partial charge is 0.314 e. The van der Waals surface area contributed by atoms with Gasteiger partial charge in [0.1, 0.15) is 0 Å². The van der Waals surface area contributed by atoms with Crippen LogP contribution in [0.1, 0.15) is 52.4 Å². The highest BCUT2D eigenvalue weighted by Gasteiger charge is 2.13. The summed E-state index contributed by atoms with van der Waals surface area (Å²) in [5, 5.41) is 3.58. The van der Waals surface area contributed by atoms with Crippen LogP contribution in [0, 0.1) is 0 Å². The van der Waals surface area contributed by atoms with Gasteiger partial charge in [0.25, 0.3) is 0 Å². The first-order valence-electron chi connectivity index (χ1n) is 6.82. The Kier molecular flexibility index (Phi) is 7.03. The maximum Gasteiger partial charge on any atom is 0.00680 e. The van der Waals surface area contributed by atoms with Gasteiger partial charge in [-0.2, -0.15) is 0 Å². The van der Waals surface area contributed by atoms with Crippen molar-refractivity contribution in [2.75, 3.05) is 26.2 Å². The summed E-state index contributed by atoms with van der Waals surface area (Å²) >= 11 is 0. The van der Waals surface area contributed by atoms with Crippen LogP contribution in [-0.4, -0.2) is 37.1 Å². The second-order valence-corrected chi connectivity index (χ2v) is 4.78. The van der Waals surface area contributed by atoms with Crippen molar-refractivity contribution in [1.29, 1.82) is 0 Å². The second kappa shape index (κ2) is 8.12. The van der Waals surface area contributed by atoms with Gasteiger partial charge in [0, 0.05) is 6.04 Å². The van der Waals surface area contributed by atoms with E-state index in [1.807, 2.05) is 0 Å². The zero-order valence-electron chi connectivity index (χ0n) is 10.6. The van der Waals surface area contributed by atoms with Crippen LogP contribution >= 0.6 is 0 Å². The molecule has 1 aliphatic rings. The molecule has 2 heteroatoms. The molecule has 1 heterocycles. The Hall–Kier alpha value is -0.0800. The second-order valence-electron chi connectivity index (χ2n) is 4.78. The molecular formula is C13H28N2. The third-order valence-electron chi connectivity index (χ3n) is 3.27. The van der Waals surface area contributed by atoms with Gasteiger partial charge in [0.05, 0.1) is 0 Å². The topological polar surface area (TPSA) is 15.3 Å². The number of hydrogen-bond acceptors (Lipinski definition) is 2. The van der Waals surface area contributed by atoms with Gasteiger partial charge in [-0.05, 0) is 64.7 Å². The molecule has 1 unspecified atom stereocenters. The lowest BCUT2D eigenvalue weighted by Crippen LogP contribution is -2.28. The van der Waals surface area contributed by atoms with Gasteiger partial charge in [0.15, 0.2) is 0 Å². The summed E-state index contributed by atoms with van der Waals surface area (Å²) in [5.41, 5.74) is 0. The van der Waals surface area contributed by atoms with Crippen molar-refractivity contribution in [1.82, 2.24) is 10.2 Å². The van der Waals surface area contributed by atoms with Crippen molar-refractivity contribution in [3.8, 4) is 0 Å². The Morgan fingerprint density at radius 3 is 2.40 bits per heavy atom. The zero-order chi connectivity index (χ0) is 10.9. The van der Waals surface area contributed by atoms with E-state index in [2.05, 4.69) is 24.1 Å². The summed E-state index contributed by atoms with van der Waals surface area (Å²) in [6.45, 7) is 9.68. The van der Waals surface area contributed by atoms with Crippen LogP contribution in [0.4, 0.5) is 0 Å². The predicted molar refractivity (Wildman–Crippen MR) is 67.3 cm³/mol. The normalized spacial score (nSPS) is 21.4. The van der Waals surface area contributed by atoms with Crippen LogP contribution in [0.3, 0.4) is 0 Å². The van der Waals surface area contributed by atoms with Gasteiger partial charge in [0.2, 0.25) is 0 Å². The fraction of sp³-hybridized carbons (Fsp3) is 1.00.